The van der Waals surface area contributed by atoms with Gasteiger partial charge < -0.3 is 4.90 Å². The zero-order valence-electron chi connectivity index (χ0n) is 12.1. The number of hydrogen-bond donors (Lipinski definition) is 0. The maximum Gasteiger partial charge on any atom is 0.228 e. The van der Waals surface area contributed by atoms with Crippen molar-refractivity contribution < 1.29 is 4.79 Å². The first-order chi connectivity index (χ1) is 8.97. The van der Waals surface area contributed by atoms with Crippen LogP contribution in [0.1, 0.15) is 26.5 Å². The Morgan fingerprint density at radius 2 is 1.89 bits per heavy atom. The highest BCUT2D eigenvalue weighted by Crippen LogP contribution is 2.16. The fourth-order valence-corrected chi connectivity index (χ4v) is 2.40. The molecule has 0 unspecified atom stereocenters. The van der Waals surface area contributed by atoms with Crippen LogP contribution in [0.3, 0.4) is 0 Å². The third-order valence-corrected chi connectivity index (χ3v) is 3.64. The first kappa shape index (κ1) is 14.0. The molecule has 0 spiro atoms. The lowest BCUT2D eigenvalue weighted by Crippen LogP contribution is -2.54. The monoisotopic (exact) mass is 261 g/mol. The molecule has 2 heterocycles. The topological polar surface area (TPSA) is 36.4 Å². The normalized spacial score (nSPS) is 17.5. The number of nitrogens with zero attached hydrogens (tertiary/aromatic N) is 3. The third kappa shape index (κ3) is 3.77. The van der Waals surface area contributed by atoms with Gasteiger partial charge in [0.1, 0.15) is 0 Å². The molecule has 1 aliphatic heterocycles. The molecule has 1 fully saturated rings. The van der Waals surface area contributed by atoms with Crippen LogP contribution in [0.4, 0.5) is 0 Å². The van der Waals surface area contributed by atoms with E-state index in [1.807, 2.05) is 23.1 Å². The molecule has 0 aromatic carbocycles. The summed E-state index contributed by atoms with van der Waals surface area (Å²) in [5.74, 6) is 0.187. The lowest BCUT2D eigenvalue weighted by molar-refractivity contribution is -0.133. The van der Waals surface area contributed by atoms with E-state index in [4.69, 9.17) is 0 Å². The maximum atomic E-state index is 12.2. The van der Waals surface area contributed by atoms with Crippen LogP contribution in [0.15, 0.2) is 24.4 Å². The van der Waals surface area contributed by atoms with Gasteiger partial charge in [-0.05, 0) is 32.9 Å². The van der Waals surface area contributed by atoms with Crippen LogP contribution in [0.25, 0.3) is 0 Å². The van der Waals surface area contributed by atoms with Gasteiger partial charge in [-0.25, -0.2) is 0 Å². The van der Waals surface area contributed by atoms with Crippen LogP contribution in [0.2, 0.25) is 0 Å². The smallest absolute Gasteiger partial charge is 0.228 e. The van der Waals surface area contributed by atoms with Gasteiger partial charge in [-0.1, -0.05) is 6.07 Å². The minimum absolute atomic E-state index is 0.187. The van der Waals surface area contributed by atoms with Crippen molar-refractivity contribution in [3.05, 3.63) is 30.1 Å². The molecular formula is C15H23N3O. The van der Waals surface area contributed by atoms with Gasteiger partial charge in [-0.2, -0.15) is 0 Å². The quantitative estimate of drug-likeness (QED) is 0.811. The Labute approximate surface area is 115 Å². The highest BCUT2D eigenvalue weighted by atomic mass is 16.2. The fourth-order valence-electron chi connectivity index (χ4n) is 2.40. The molecule has 4 heteroatoms. The van der Waals surface area contributed by atoms with Crippen LogP contribution < -0.4 is 0 Å². The first-order valence-corrected chi connectivity index (χ1v) is 6.89. The summed E-state index contributed by atoms with van der Waals surface area (Å²) in [5.41, 5.74) is 1.04. The van der Waals surface area contributed by atoms with E-state index in [1.54, 1.807) is 6.20 Å². The van der Waals surface area contributed by atoms with Crippen LogP contribution in [0.5, 0.6) is 0 Å². The van der Waals surface area contributed by atoms with Gasteiger partial charge in [0.05, 0.1) is 6.42 Å². The Morgan fingerprint density at radius 1 is 1.21 bits per heavy atom. The van der Waals surface area contributed by atoms with Crippen LogP contribution in [0, 0.1) is 0 Å². The summed E-state index contributed by atoms with van der Waals surface area (Å²) in [6, 6.07) is 5.70. The van der Waals surface area contributed by atoms with E-state index < -0.39 is 0 Å². The molecule has 1 aromatic rings. The number of pyridine rings is 1. The van der Waals surface area contributed by atoms with Crippen molar-refractivity contribution in [1.29, 1.82) is 0 Å². The number of carbonyl (C=O) groups is 1. The number of carbonyl (C=O) groups excluding carboxylic acids is 1. The minimum Gasteiger partial charge on any atom is -0.340 e. The van der Waals surface area contributed by atoms with Crippen LogP contribution in [-0.2, 0) is 11.2 Å². The van der Waals surface area contributed by atoms with Crippen molar-refractivity contribution >= 4 is 5.91 Å². The Hall–Kier alpha value is -1.42. The summed E-state index contributed by atoms with van der Waals surface area (Å²) in [7, 11) is 0. The lowest BCUT2D eigenvalue weighted by atomic mass is 10.0. The van der Waals surface area contributed by atoms with Crippen molar-refractivity contribution in [2.45, 2.75) is 32.7 Å². The summed E-state index contributed by atoms with van der Waals surface area (Å²) in [4.78, 5) is 20.8. The number of piperazine rings is 1. The van der Waals surface area contributed by atoms with Crippen molar-refractivity contribution in [2.75, 3.05) is 26.2 Å². The largest absolute Gasteiger partial charge is 0.340 e. The van der Waals surface area contributed by atoms with Crippen LogP contribution in [-0.4, -0.2) is 52.4 Å². The number of aromatic nitrogens is 1. The molecule has 1 saturated heterocycles. The number of hydrogen-bond acceptors (Lipinski definition) is 3. The Balaban J connectivity index is 1.86. The maximum absolute atomic E-state index is 12.2. The molecule has 104 valence electrons. The average molecular weight is 261 g/mol. The van der Waals surface area contributed by atoms with Gasteiger partial charge >= 0.3 is 0 Å². The highest BCUT2D eigenvalue weighted by molar-refractivity contribution is 5.78. The van der Waals surface area contributed by atoms with Gasteiger partial charge in [-0.3, -0.25) is 14.7 Å². The van der Waals surface area contributed by atoms with Crippen molar-refractivity contribution in [3.63, 3.8) is 0 Å². The molecule has 1 aliphatic rings. The standard InChI is InChI=1S/C15H23N3O/c1-15(2,3)18-10-8-17(9-11-18)14(19)12-13-6-4-5-7-16-13/h4-7H,8-12H2,1-3H3. The Bertz CT molecular complexity index is 417. The summed E-state index contributed by atoms with van der Waals surface area (Å²) < 4.78 is 0. The van der Waals surface area contributed by atoms with E-state index in [9.17, 15) is 4.79 Å². The van der Waals surface area contributed by atoms with Gasteiger partial charge in [0.15, 0.2) is 0 Å². The van der Waals surface area contributed by atoms with Crippen LogP contribution >= 0.6 is 0 Å². The fraction of sp³-hybridized carbons (Fsp3) is 0.600. The van der Waals surface area contributed by atoms with Gasteiger partial charge in [-0.15, -0.1) is 0 Å². The first-order valence-electron chi connectivity index (χ1n) is 6.89. The molecule has 0 atom stereocenters. The van der Waals surface area contributed by atoms with E-state index in [0.29, 0.717) is 6.42 Å². The average Bonchev–Trinajstić information content (AvgIpc) is 2.39. The molecule has 0 N–H and O–H groups in total. The predicted molar refractivity (Wildman–Crippen MR) is 75.8 cm³/mol. The lowest BCUT2D eigenvalue weighted by Gasteiger charge is -2.42. The molecule has 1 aromatic heterocycles. The van der Waals surface area contributed by atoms with E-state index in [-0.39, 0.29) is 11.4 Å². The van der Waals surface area contributed by atoms with E-state index in [1.165, 1.54) is 0 Å². The second kappa shape index (κ2) is 5.70. The Kier molecular flexibility index (Phi) is 4.20. The summed E-state index contributed by atoms with van der Waals surface area (Å²) in [5, 5.41) is 0. The van der Waals surface area contributed by atoms with E-state index >= 15 is 0 Å². The molecular weight excluding hydrogens is 238 g/mol. The molecule has 0 saturated carbocycles. The van der Waals surface area contributed by atoms with Crippen molar-refractivity contribution in [3.8, 4) is 0 Å². The minimum atomic E-state index is 0.187. The highest BCUT2D eigenvalue weighted by Gasteiger charge is 2.27. The number of rotatable bonds is 2. The number of amides is 1. The predicted octanol–water partition coefficient (Wildman–Crippen LogP) is 1.57. The van der Waals surface area contributed by atoms with E-state index in [0.717, 1.165) is 31.9 Å². The molecule has 0 radical (unpaired) electrons. The summed E-state index contributed by atoms with van der Waals surface area (Å²) in [6.45, 7) is 10.2. The molecule has 1 amide bonds. The second-order valence-corrected chi connectivity index (χ2v) is 6.04. The van der Waals surface area contributed by atoms with Crippen molar-refractivity contribution in [2.24, 2.45) is 0 Å². The molecule has 4 nitrogen and oxygen atoms in total. The summed E-state index contributed by atoms with van der Waals surface area (Å²) in [6.07, 6.45) is 2.15. The van der Waals surface area contributed by atoms with E-state index in [2.05, 4.69) is 30.7 Å². The zero-order chi connectivity index (χ0) is 13.9. The molecule has 2 rings (SSSR count). The summed E-state index contributed by atoms with van der Waals surface area (Å²) >= 11 is 0. The molecule has 0 aliphatic carbocycles. The van der Waals surface area contributed by atoms with Crippen molar-refractivity contribution in [1.82, 2.24) is 14.8 Å². The Morgan fingerprint density at radius 3 is 2.42 bits per heavy atom. The molecule has 0 bridgehead atoms. The zero-order valence-corrected chi connectivity index (χ0v) is 12.1. The van der Waals surface area contributed by atoms with Gasteiger partial charge in [0, 0.05) is 43.6 Å². The molecule has 19 heavy (non-hydrogen) atoms. The van der Waals surface area contributed by atoms with Gasteiger partial charge in [0.2, 0.25) is 5.91 Å². The SMILES string of the molecule is CC(C)(C)N1CCN(C(=O)Cc2ccccn2)CC1. The third-order valence-electron chi connectivity index (χ3n) is 3.64. The second-order valence-electron chi connectivity index (χ2n) is 6.04. The van der Waals surface area contributed by atoms with Gasteiger partial charge in [0.25, 0.3) is 0 Å².